The van der Waals surface area contributed by atoms with E-state index in [2.05, 4.69) is 16.7 Å². The Hall–Kier alpha value is -1.35. The second-order valence-electron chi connectivity index (χ2n) is 5.50. The van der Waals surface area contributed by atoms with E-state index in [0.29, 0.717) is 12.5 Å². The fourth-order valence-electron chi connectivity index (χ4n) is 2.63. The lowest BCUT2D eigenvalue weighted by Crippen LogP contribution is -2.41. The molecule has 0 bridgehead atoms. The Bertz CT molecular complexity index is 542. The topological polar surface area (TPSA) is 43.8 Å². The van der Waals surface area contributed by atoms with Crippen molar-refractivity contribution in [3.05, 3.63) is 21.9 Å². The normalized spacial score (nSPS) is 17.9. The van der Waals surface area contributed by atoms with Gasteiger partial charge in [0.05, 0.1) is 6.61 Å². The first kappa shape index (κ1) is 16.0. The van der Waals surface area contributed by atoms with Gasteiger partial charge in [-0.1, -0.05) is 11.8 Å². The summed E-state index contributed by atoms with van der Waals surface area (Å²) in [5, 5.41) is 10.7. The molecule has 21 heavy (non-hydrogen) atoms. The minimum atomic E-state index is 0.0530. The fourth-order valence-corrected chi connectivity index (χ4v) is 3.44. The number of thiophene rings is 1. The Kier molecular flexibility index (Phi) is 5.80. The molecule has 114 valence electrons. The summed E-state index contributed by atoms with van der Waals surface area (Å²) in [6, 6.07) is 2.19. The van der Waals surface area contributed by atoms with Crippen LogP contribution < -0.4 is 0 Å². The maximum absolute atomic E-state index is 12.8. The second-order valence-corrected chi connectivity index (χ2v) is 6.41. The van der Waals surface area contributed by atoms with Crippen LogP contribution >= 0.6 is 11.3 Å². The van der Waals surface area contributed by atoms with Crippen molar-refractivity contribution in [2.45, 2.75) is 25.3 Å². The smallest absolute Gasteiger partial charge is 0.265 e. The second kappa shape index (κ2) is 7.60. The molecule has 2 heterocycles. The monoisotopic (exact) mass is 306 g/mol. The minimum absolute atomic E-state index is 0.0530. The third-order valence-electron chi connectivity index (χ3n) is 3.53. The maximum atomic E-state index is 12.8. The molecule has 1 amide bonds. The highest BCUT2D eigenvalue weighted by Crippen LogP contribution is 2.24. The summed E-state index contributed by atoms with van der Waals surface area (Å²) in [6.07, 6.45) is 2.58. The predicted molar refractivity (Wildman–Crippen MR) is 85.5 cm³/mol. The minimum Gasteiger partial charge on any atom is -0.395 e. The number of carbonyl (C=O) groups is 1. The quantitative estimate of drug-likeness (QED) is 0.860. The van der Waals surface area contributed by atoms with E-state index in [0.717, 1.165) is 36.4 Å². The first-order chi connectivity index (χ1) is 10.1. The highest BCUT2D eigenvalue weighted by atomic mass is 32.1. The number of aliphatic hydroxyl groups is 1. The summed E-state index contributed by atoms with van der Waals surface area (Å²) in [4.78, 5) is 17.6. The van der Waals surface area contributed by atoms with Gasteiger partial charge < -0.3 is 14.9 Å². The Morgan fingerprint density at radius 3 is 3.10 bits per heavy atom. The maximum Gasteiger partial charge on any atom is 0.265 e. The Labute approximate surface area is 130 Å². The summed E-state index contributed by atoms with van der Waals surface area (Å²) >= 11 is 1.45. The SMILES string of the molecule is CN(C)CC1CCCN1C(=O)c1sccc1C#CCCO. The van der Waals surface area contributed by atoms with Gasteiger partial charge in [0.1, 0.15) is 4.88 Å². The average molecular weight is 306 g/mol. The van der Waals surface area contributed by atoms with E-state index < -0.39 is 0 Å². The highest BCUT2D eigenvalue weighted by Gasteiger charge is 2.31. The van der Waals surface area contributed by atoms with Crippen molar-refractivity contribution >= 4 is 17.2 Å². The molecule has 1 unspecified atom stereocenters. The number of likely N-dealkylation sites (N-methyl/N-ethyl adjacent to an activating group) is 1. The zero-order valence-electron chi connectivity index (χ0n) is 12.6. The van der Waals surface area contributed by atoms with Crippen molar-refractivity contribution in [2.24, 2.45) is 0 Å². The van der Waals surface area contributed by atoms with E-state index >= 15 is 0 Å². The van der Waals surface area contributed by atoms with Crippen LogP contribution in [0.25, 0.3) is 0 Å². The number of amides is 1. The number of hydrogen-bond acceptors (Lipinski definition) is 4. The number of nitrogens with zero attached hydrogens (tertiary/aromatic N) is 2. The van der Waals surface area contributed by atoms with Gasteiger partial charge in [-0.05, 0) is 38.4 Å². The van der Waals surface area contributed by atoms with Crippen molar-refractivity contribution in [2.75, 3.05) is 33.8 Å². The molecule has 0 spiro atoms. The summed E-state index contributed by atoms with van der Waals surface area (Å²) in [5.74, 6) is 5.99. The molecular formula is C16H22N2O2S. The molecule has 5 heteroatoms. The van der Waals surface area contributed by atoms with Gasteiger partial charge in [0.25, 0.3) is 5.91 Å². The molecule has 1 aliphatic rings. The zero-order chi connectivity index (χ0) is 15.2. The van der Waals surface area contributed by atoms with Gasteiger partial charge in [-0.25, -0.2) is 0 Å². The van der Waals surface area contributed by atoms with Gasteiger partial charge in [-0.15, -0.1) is 11.3 Å². The fraction of sp³-hybridized carbons (Fsp3) is 0.562. The molecule has 0 saturated carbocycles. The third kappa shape index (κ3) is 4.07. The Morgan fingerprint density at radius 1 is 1.57 bits per heavy atom. The summed E-state index contributed by atoms with van der Waals surface area (Å²) in [5.41, 5.74) is 0.786. The molecule has 0 aliphatic carbocycles. The van der Waals surface area contributed by atoms with Gasteiger partial charge in [0.15, 0.2) is 0 Å². The van der Waals surface area contributed by atoms with Crippen LogP contribution in [0.3, 0.4) is 0 Å². The number of carbonyl (C=O) groups excluding carboxylic acids is 1. The number of hydrogen-bond donors (Lipinski definition) is 1. The zero-order valence-corrected chi connectivity index (χ0v) is 13.4. The molecule has 1 fully saturated rings. The molecule has 4 nitrogen and oxygen atoms in total. The van der Waals surface area contributed by atoms with E-state index in [9.17, 15) is 4.79 Å². The number of likely N-dealkylation sites (tertiary alicyclic amines) is 1. The third-order valence-corrected chi connectivity index (χ3v) is 4.44. The van der Waals surface area contributed by atoms with Crippen molar-refractivity contribution < 1.29 is 9.90 Å². The van der Waals surface area contributed by atoms with Gasteiger partial charge in [0.2, 0.25) is 0 Å². The Morgan fingerprint density at radius 2 is 2.38 bits per heavy atom. The molecule has 2 rings (SSSR count). The van der Waals surface area contributed by atoms with E-state index in [4.69, 9.17) is 5.11 Å². The summed E-state index contributed by atoms with van der Waals surface area (Å²) in [6.45, 7) is 1.79. The van der Waals surface area contributed by atoms with Crippen molar-refractivity contribution in [1.82, 2.24) is 9.80 Å². The van der Waals surface area contributed by atoms with E-state index in [1.807, 2.05) is 30.4 Å². The molecule has 1 saturated heterocycles. The van der Waals surface area contributed by atoms with Crippen molar-refractivity contribution in [1.29, 1.82) is 0 Å². The van der Waals surface area contributed by atoms with Gasteiger partial charge in [0, 0.05) is 31.1 Å². The Balaban J connectivity index is 2.13. The van der Waals surface area contributed by atoms with E-state index in [-0.39, 0.29) is 12.5 Å². The van der Waals surface area contributed by atoms with Gasteiger partial charge in [-0.2, -0.15) is 0 Å². The molecule has 1 N–H and O–H groups in total. The largest absolute Gasteiger partial charge is 0.395 e. The molecule has 0 radical (unpaired) electrons. The van der Waals surface area contributed by atoms with Crippen LogP contribution in [0.5, 0.6) is 0 Å². The van der Waals surface area contributed by atoms with E-state index in [1.54, 1.807) is 0 Å². The van der Waals surface area contributed by atoms with Crippen LogP contribution in [0.1, 0.15) is 34.5 Å². The number of aliphatic hydroxyl groups excluding tert-OH is 1. The summed E-state index contributed by atoms with van der Waals surface area (Å²) < 4.78 is 0. The van der Waals surface area contributed by atoms with Gasteiger partial charge >= 0.3 is 0 Å². The first-order valence-electron chi connectivity index (χ1n) is 7.26. The molecule has 0 aromatic carbocycles. The lowest BCUT2D eigenvalue weighted by Gasteiger charge is -2.26. The van der Waals surface area contributed by atoms with Crippen LogP contribution in [0.2, 0.25) is 0 Å². The molecule has 1 aliphatic heterocycles. The van der Waals surface area contributed by atoms with Crippen molar-refractivity contribution in [3.8, 4) is 11.8 Å². The molecular weight excluding hydrogens is 284 g/mol. The lowest BCUT2D eigenvalue weighted by molar-refractivity contribution is 0.0721. The standard InChI is InChI=1S/C16H22N2O2S/c1-17(2)12-14-7-5-9-18(14)16(20)15-13(8-11-21-15)6-3-4-10-19/h8,11,14,19H,4-5,7,9-10,12H2,1-2H3. The number of rotatable bonds is 4. The average Bonchev–Trinajstić information content (AvgIpc) is 3.07. The van der Waals surface area contributed by atoms with Crippen LogP contribution in [0.15, 0.2) is 11.4 Å². The summed E-state index contributed by atoms with van der Waals surface area (Å²) in [7, 11) is 4.08. The molecule has 1 aromatic rings. The highest BCUT2D eigenvalue weighted by molar-refractivity contribution is 7.12. The predicted octanol–water partition coefficient (Wildman–Crippen LogP) is 1.65. The molecule has 1 aromatic heterocycles. The molecule has 1 atom stereocenters. The van der Waals surface area contributed by atoms with Gasteiger partial charge in [-0.3, -0.25) is 4.79 Å². The van der Waals surface area contributed by atoms with Crippen LogP contribution in [-0.4, -0.2) is 60.6 Å². The van der Waals surface area contributed by atoms with Crippen LogP contribution in [0, 0.1) is 11.8 Å². The first-order valence-corrected chi connectivity index (χ1v) is 8.14. The van der Waals surface area contributed by atoms with Crippen LogP contribution in [-0.2, 0) is 0 Å². The van der Waals surface area contributed by atoms with Crippen molar-refractivity contribution in [3.63, 3.8) is 0 Å². The van der Waals surface area contributed by atoms with Crippen LogP contribution in [0.4, 0.5) is 0 Å². The lowest BCUT2D eigenvalue weighted by atomic mass is 10.2. The van der Waals surface area contributed by atoms with E-state index in [1.165, 1.54) is 11.3 Å².